The molecule has 32 heavy (non-hydrogen) atoms. The lowest BCUT2D eigenvalue weighted by atomic mass is 10.1. The Hall–Kier alpha value is -1.31. The van der Waals surface area contributed by atoms with Gasteiger partial charge in [-0.2, -0.15) is 0 Å². The van der Waals surface area contributed by atoms with Crippen LogP contribution in [0.25, 0.3) is 0 Å². The van der Waals surface area contributed by atoms with Gasteiger partial charge in [-0.1, -0.05) is 106 Å². The summed E-state index contributed by atoms with van der Waals surface area (Å²) in [6, 6.07) is 0. The summed E-state index contributed by atoms with van der Waals surface area (Å²) in [5.74, 6) is 1.06. The maximum Gasteiger partial charge on any atom is 0.305 e. The predicted molar refractivity (Wildman–Crippen MR) is 140 cm³/mol. The van der Waals surface area contributed by atoms with Crippen LogP contribution in [-0.2, 0) is 9.53 Å². The third kappa shape index (κ3) is 20.6. The fourth-order valence-electron chi connectivity index (χ4n) is 3.97. The van der Waals surface area contributed by atoms with Crippen molar-refractivity contribution in [2.75, 3.05) is 6.61 Å². The summed E-state index contributed by atoms with van der Waals surface area (Å²) in [4.78, 5) is 11.8. The summed E-state index contributed by atoms with van der Waals surface area (Å²) in [6.45, 7) is 7.17. The van der Waals surface area contributed by atoms with E-state index in [1.54, 1.807) is 0 Å². The van der Waals surface area contributed by atoms with Crippen LogP contribution < -0.4 is 0 Å². The Labute approximate surface area is 200 Å². The van der Waals surface area contributed by atoms with Crippen LogP contribution in [0.15, 0.2) is 35.5 Å². The average Bonchev–Trinajstić information content (AvgIpc) is 3.58. The van der Waals surface area contributed by atoms with Crippen LogP contribution in [0.1, 0.15) is 136 Å². The molecule has 1 aliphatic rings. The van der Waals surface area contributed by atoms with Crippen molar-refractivity contribution < 1.29 is 9.53 Å². The SMILES string of the molecule is CC(C)=CCCC(C)=CC=CCCCCCCCCCOC(=O)CCCCCCC1CC1. The Morgan fingerprint density at radius 3 is 2.16 bits per heavy atom. The minimum Gasteiger partial charge on any atom is -0.466 e. The molecule has 1 rings (SSSR count). The highest BCUT2D eigenvalue weighted by Gasteiger charge is 2.19. The van der Waals surface area contributed by atoms with Crippen molar-refractivity contribution in [3.63, 3.8) is 0 Å². The van der Waals surface area contributed by atoms with Gasteiger partial charge in [0.15, 0.2) is 0 Å². The Kier molecular flexibility index (Phi) is 18.2. The maximum atomic E-state index is 11.8. The second-order valence-corrected chi connectivity index (χ2v) is 10.1. The molecule has 184 valence electrons. The largest absolute Gasteiger partial charge is 0.466 e. The summed E-state index contributed by atoms with van der Waals surface area (Å²) in [7, 11) is 0. The third-order valence-electron chi connectivity index (χ3n) is 6.33. The smallest absolute Gasteiger partial charge is 0.305 e. The Morgan fingerprint density at radius 1 is 0.781 bits per heavy atom. The van der Waals surface area contributed by atoms with E-state index in [-0.39, 0.29) is 5.97 Å². The van der Waals surface area contributed by atoms with Gasteiger partial charge in [0.1, 0.15) is 0 Å². The van der Waals surface area contributed by atoms with Crippen LogP contribution in [0.3, 0.4) is 0 Å². The molecule has 0 atom stereocenters. The molecule has 0 amide bonds. The molecule has 1 saturated carbocycles. The van der Waals surface area contributed by atoms with E-state index in [4.69, 9.17) is 4.74 Å². The van der Waals surface area contributed by atoms with Crippen molar-refractivity contribution in [1.82, 2.24) is 0 Å². The zero-order valence-corrected chi connectivity index (χ0v) is 21.6. The van der Waals surface area contributed by atoms with Crippen molar-refractivity contribution in [2.24, 2.45) is 5.92 Å². The van der Waals surface area contributed by atoms with E-state index in [0.717, 1.165) is 31.6 Å². The van der Waals surface area contributed by atoms with Crippen LogP contribution in [0.4, 0.5) is 0 Å². The van der Waals surface area contributed by atoms with Crippen molar-refractivity contribution in [3.8, 4) is 0 Å². The first-order valence-corrected chi connectivity index (χ1v) is 13.7. The third-order valence-corrected chi connectivity index (χ3v) is 6.33. The van der Waals surface area contributed by atoms with Gasteiger partial charge in [0.05, 0.1) is 6.61 Å². The first-order valence-electron chi connectivity index (χ1n) is 13.7. The molecule has 0 aromatic carbocycles. The van der Waals surface area contributed by atoms with Gasteiger partial charge in [-0.05, 0) is 65.2 Å². The Bertz CT molecular complexity index is 547. The molecule has 0 radical (unpaired) electrons. The molecule has 0 aromatic heterocycles. The molecule has 0 saturated heterocycles. The van der Waals surface area contributed by atoms with Crippen molar-refractivity contribution >= 4 is 5.97 Å². The Balaban J connectivity index is 1.78. The van der Waals surface area contributed by atoms with E-state index in [1.807, 2.05) is 0 Å². The molecule has 0 bridgehead atoms. The molecule has 0 spiro atoms. The topological polar surface area (TPSA) is 26.3 Å². The Morgan fingerprint density at radius 2 is 1.44 bits per heavy atom. The summed E-state index contributed by atoms with van der Waals surface area (Å²) in [5.41, 5.74) is 2.87. The van der Waals surface area contributed by atoms with E-state index in [2.05, 4.69) is 45.1 Å². The highest BCUT2D eigenvalue weighted by molar-refractivity contribution is 5.69. The number of allylic oxidation sites excluding steroid dienone is 6. The fourth-order valence-corrected chi connectivity index (χ4v) is 3.97. The number of unbranched alkanes of at least 4 members (excludes halogenated alkanes) is 10. The monoisotopic (exact) mass is 444 g/mol. The molecule has 0 aromatic rings. The minimum absolute atomic E-state index is 0.0122. The van der Waals surface area contributed by atoms with Crippen LogP contribution in [0, 0.1) is 5.92 Å². The molecule has 0 heterocycles. The quantitative estimate of drug-likeness (QED) is 0.0762. The average molecular weight is 445 g/mol. The molecule has 1 fully saturated rings. The molecular weight excluding hydrogens is 392 g/mol. The normalized spacial score (nSPS) is 14.2. The number of hydrogen-bond acceptors (Lipinski definition) is 2. The predicted octanol–water partition coefficient (Wildman–Crippen LogP) is 9.65. The van der Waals surface area contributed by atoms with Gasteiger partial charge >= 0.3 is 5.97 Å². The molecular formula is C30H52O2. The molecule has 2 nitrogen and oxygen atoms in total. The fraction of sp³-hybridized carbons (Fsp3) is 0.767. The van der Waals surface area contributed by atoms with E-state index in [0.29, 0.717) is 13.0 Å². The van der Waals surface area contributed by atoms with Crippen LogP contribution in [0.2, 0.25) is 0 Å². The van der Waals surface area contributed by atoms with E-state index < -0.39 is 0 Å². The van der Waals surface area contributed by atoms with Gasteiger partial charge in [-0.15, -0.1) is 0 Å². The van der Waals surface area contributed by atoms with Gasteiger partial charge in [-0.25, -0.2) is 0 Å². The van der Waals surface area contributed by atoms with Crippen LogP contribution >= 0.6 is 0 Å². The van der Waals surface area contributed by atoms with Gasteiger partial charge in [0.2, 0.25) is 0 Å². The maximum absolute atomic E-state index is 11.8. The molecule has 0 unspecified atom stereocenters. The standard InChI is InChI=1S/C30H52O2/c1-27(2)19-18-21-28(3)20-14-10-8-6-4-5-7-9-13-17-26-32-30(31)23-16-12-11-15-22-29-24-25-29/h10,14,19-20,29H,4-9,11-13,15-18,21-26H2,1-3H3. The van der Waals surface area contributed by atoms with Crippen LogP contribution in [0.5, 0.6) is 0 Å². The second kappa shape index (κ2) is 20.3. The van der Waals surface area contributed by atoms with E-state index >= 15 is 0 Å². The zero-order valence-electron chi connectivity index (χ0n) is 21.6. The molecule has 0 N–H and O–H groups in total. The number of esters is 1. The first kappa shape index (κ1) is 28.7. The van der Waals surface area contributed by atoms with Gasteiger partial charge in [0, 0.05) is 6.42 Å². The zero-order chi connectivity index (χ0) is 23.3. The lowest BCUT2D eigenvalue weighted by molar-refractivity contribution is -0.143. The lowest BCUT2D eigenvalue weighted by Gasteiger charge is -2.05. The van der Waals surface area contributed by atoms with Crippen molar-refractivity contribution in [3.05, 3.63) is 35.5 Å². The number of carbonyl (C=O) groups is 1. The van der Waals surface area contributed by atoms with Crippen molar-refractivity contribution in [1.29, 1.82) is 0 Å². The highest BCUT2D eigenvalue weighted by atomic mass is 16.5. The van der Waals surface area contributed by atoms with E-state index in [9.17, 15) is 4.79 Å². The lowest BCUT2D eigenvalue weighted by Crippen LogP contribution is -2.05. The summed E-state index contributed by atoms with van der Waals surface area (Å²) < 4.78 is 5.37. The summed E-state index contributed by atoms with van der Waals surface area (Å²) >= 11 is 0. The first-order chi connectivity index (χ1) is 15.6. The van der Waals surface area contributed by atoms with Crippen molar-refractivity contribution in [2.45, 2.75) is 136 Å². The summed E-state index contributed by atoms with van der Waals surface area (Å²) in [5, 5.41) is 0. The number of rotatable bonds is 21. The van der Waals surface area contributed by atoms with E-state index in [1.165, 1.54) is 94.6 Å². The molecule has 2 heteroatoms. The molecule has 1 aliphatic carbocycles. The number of carbonyl (C=O) groups excluding carboxylic acids is 1. The summed E-state index contributed by atoms with van der Waals surface area (Å²) in [6.07, 6.45) is 31.1. The number of hydrogen-bond donors (Lipinski definition) is 0. The highest BCUT2D eigenvalue weighted by Crippen LogP contribution is 2.34. The second-order valence-electron chi connectivity index (χ2n) is 10.1. The minimum atomic E-state index is 0.0122. The van der Waals surface area contributed by atoms with Gasteiger partial charge in [0.25, 0.3) is 0 Å². The van der Waals surface area contributed by atoms with Gasteiger partial charge < -0.3 is 4.74 Å². The van der Waals surface area contributed by atoms with Gasteiger partial charge in [-0.3, -0.25) is 4.79 Å². The number of ether oxygens (including phenoxy) is 1. The van der Waals surface area contributed by atoms with Crippen LogP contribution in [-0.4, -0.2) is 12.6 Å². The molecule has 0 aliphatic heterocycles.